The summed E-state index contributed by atoms with van der Waals surface area (Å²) in [6.07, 6.45) is 0.817. The summed E-state index contributed by atoms with van der Waals surface area (Å²) in [6, 6.07) is 5.58. The Bertz CT molecular complexity index is 874. The Balaban J connectivity index is 2.22. The van der Waals surface area contributed by atoms with E-state index >= 15 is 0 Å². The monoisotopic (exact) mass is 405 g/mol. The number of nitrogens with one attached hydrogen (secondary N) is 1. The van der Waals surface area contributed by atoms with Crippen molar-refractivity contribution in [3.8, 4) is 0 Å². The Kier molecular flexibility index (Phi) is 4.73. The fraction of sp³-hybridized carbons (Fsp3) is 0.167. The van der Waals surface area contributed by atoms with Crippen LogP contribution in [0.1, 0.15) is 15.2 Å². The van der Waals surface area contributed by atoms with E-state index in [1.807, 2.05) is 19.1 Å². The number of benzene rings is 1. The zero-order valence-electron chi connectivity index (χ0n) is 11.6. The topological polar surface area (TPSA) is 111 Å². The predicted molar refractivity (Wildman–Crippen MR) is 89.3 cm³/mol. The van der Waals surface area contributed by atoms with Gasteiger partial charge in [-0.05, 0) is 45.7 Å². The molecular weight excluding hydrogens is 394 g/mol. The molecule has 1 heterocycles. The van der Waals surface area contributed by atoms with Crippen LogP contribution in [-0.2, 0) is 14.4 Å². The lowest BCUT2D eigenvalue weighted by atomic mass is 10.2. The summed E-state index contributed by atoms with van der Waals surface area (Å²) in [6.45, 7) is 1.95. The Labute approximate surface area is 139 Å². The van der Waals surface area contributed by atoms with Gasteiger partial charge in [0.25, 0.3) is 5.91 Å². The number of hydrogen-bond donors (Lipinski definition) is 2. The number of nitrogens with two attached hydrogens (primary N) is 1. The standard InChI is InChI=1S/C12H12BrN3O4S2/c1-6-3-4-8-7(10(6)13)5-9(21-8)11(17)15-12(14)16-20-22(2,18)19/h3-5H,1-2H3,(H3,14,15,16,17). The molecule has 0 saturated heterocycles. The van der Waals surface area contributed by atoms with Gasteiger partial charge < -0.3 is 5.73 Å². The SMILES string of the molecule is Cc1ccc2sc(C(=O)NC(N)=NOS(C)(=O)=O)cc2c1Br. The Morgan fingerprint density at radius 3 is 2.77 bits per heavy atom. The fourth-order valence-electron chi connectivity index (χ4n) is 1.61. The lowest BCUT2D eigenvalue weighted by Gasteiger charge is -2.01. The van der Waals surface area contributed by atoms with Gasteiger partial charge in [-0.3, -0.25) is 14.4 Å². The van der Waals surface area contributed by atoms with Crippen LogP contribution in [0.3, 0.4) is 0 Å². The summed E-state index contributed by atoms with van der Waals surface area (Å²) in [5.41, 5.74) is 6.45. The molecule has 7 nitrogen and oxygen atoms in total. The number of nitrogens with zero attached hydrogens (tertiary/aromatic N) is 1. The molecule has 2 aromatic rings. The van der Waals surface area contributed by atoms with Gasteiger partial charge in [0.1, 0.15) is 0 Å². The van der Waals surface area contributed by atoms with E-state index in [1.165, 1.54) is 11.3 Å². The van der Waals surface area contributed by atoms with E-state index in [4.69, 9.17) is 5.73 Å². The van der Waals surface area contributed by atoms with Crippen LogP contribution < -0.4 is 11.1 Å². The number of fused-ring (bicyclic) bond motifs is 1. The Morgan fingerprint density at radius 1 is 1.45 bits per heavy atom. The highest BCUT2D eigenvalue weighted by Gasteiger charge is 2.14. The molecule has 0 spiro atoms. The van der Waals surface area contributed by atoms with Gasteiger partial charge in [0.05, 0.1) is 11.1 Å². The van der Waals surface area contributed by atoms with E-state index in [0.717, 1.165) is 26.4 Å². The van der Waals surface area contributed by atoms with Crippen LogP contribution >= 0.6 is 27.3 Å². The number of thiophene rings is 1. The molecule has 0 unspecified atom stereocenters. The van der Waals surface area contributed by atoms with Crippen molar-refractivity contribution in [3.05, 3.63) is 33.1 Å². The van der Waals surface area contributed by atoms with Crippen molar-refractivity contribution in [2.45, 2.75) is 6.92 Å². The van der Waals surface area contributed by atoms with Gasteiger partial charge >= 0.3 is 10.1 Å². The third kappa shape index (κ3) is 3.96. The number of oxime groups is 1. The molecule has 10 heteroatoms. The van der Waals surface area contributed by atoms with Crippen molar-refractivity contribution in [1.29, 1.82) is 0 Å². The van der Waals surface area contributed by atoms with Crippen molar-refractivity contribution >= 4 is 59.3 Å². The summed E-state index contributed by atoms with van der Waals surface area (Å²) in [7, 11) is -3.77. The van der Waals surface area contributed by atoms with Crippen molar-refractivity contribution in [3.63, 3.8) is 0 Å². The molecule has 118 valence electrons. The second-order valence-corrected chi connectivity index (χ2v) is 7.86. The average molecular weight is 406 g/mol. The maximum atomic E-state index is 12.1. The largest absolute Gasteiger partial charge is 0.367 e. The second-order valence-electron chi connectivity index (χ2n) is 4.43. The molecule has 0 aliphatic carbocycles. The molecule has 22 heavy (non-hydrogen) atoms. The van der Waals surface area contributed by atoms with E-state index in [0.29, 0.717) is 4.88 Å². The van der Waals surface area contributed by atoms with Crippen molar-refractivity contribution in [1.82, 2.24) is 5.32 Å². The average Bonchev–Trinajstić information content (AvgIpc) is 2.85. The number of halogens is 1. The summed E-state index contributed by atoms with van der Waals surface area (Å²) in [4.78, 5) is 12.5. The number of guanidine groups is 1. The van der Waals surface area contributed by atoms with Crippen LogP contribution in [0, 0.1) is 6.92 Å². The van der Waals surface area contributed by atoms with Crippen LogP contribution in [0.25, 0.3) is 10.1 Å². The maximum Gasteiger partial charge on any atom is 0.325 e. The molecule has 3 N–H and O–H groups in total. The molecule has 1 aromatic heterocycles. The Morgan fingerprint density at radius 2 is 2.14 bits per heavy atom. The molecule has 0 bridgehead atoms. The van der Waals surface area contributed by atoms with Gasteiger partial charge in [-0.15, -0.1) is 11.3 Å². The zero-order chi connectivity index (χ0) is 16.5. The number of rotatable bonds is 3. The summed E-state index contributed by atoms with van der Waals surface area (Å²) >= 11 is 4.76. The Hall–Kier alpha value is -1.65. The van der Waals surface area contributed by atoms with Crippen LogP contribution in [0.5, 0.6) is 0 Å². The van der Waals surface area contributed by atoms with E-state index in [-0.39, 0.29) is 0 Å². The highest BCUT2D eigenvalue weighted by Crippen LogP contribution is 2.33. The van der Waals surface area contributed by atoms with Crippen molar-refractivity contribution in [2.75, 3.05) is 6.26 Å². The van der Waals surface area contributed by atoms with Crippen molar-refractivity contribution in [2.24, 2.45) is 10.9 Å². The summed E-state index contributed by atoms with van der Waals surface area (Å²) in [5.74, 6) is -0.938. The molecule has 0 fully saturated rings. The summed E-state index contributed by atoms with van der Waals surface area (Å²) in [5, 5.41) is 6.29. The zero-order valence-corrected chi connectivity index (χ0v) is 14.8. The van der Waals surface area contributed by atoms with Gasteiger partial charge in [-0.2, -0.15) is 8.42 Å². The first-order valence-corrected chi connectivity index (χ1v) is 9.32. The second kappa shape index (κ2) is 6.23. The van der Waals surface area contributed by atoms with Crippen LogP contribution in [-0.4, -0.2) is 26.5 Å². The highest BCUT2D eigenvalue weighted by molar-refractivity contribution is 9.10. The summed E-state index contributed by atoms with van der Waals surface area (Å²) < 4.78 is 27.5. The number of carbonyl (C=O) groups excluding carboxylic acids is 1. The molecule has 1 amide bonds. The number of aryl methyl sites for hydroxylation is 1. The third-order valence-corrected chi connectivity index (χ3v) is 5.06. The first-order valence-electron chi connectivity index (χ1n) is 5.89. The third-order valence-electron chi connectivity index (χ3n) is 2.56. The number of carbonyl (C=O) groups is 1. The predicted octanol–water partition coefficient (Wildman–Crippen LogP) is 1.91. The lowest BCUT2D eigenvalue weighted by Crippen LogP contribution is -2.36. The molecule has 0 aliphatic heterocycles. The van der Waals surface area contributed by atoms with Gasteiger partial charge in [0.2, 0.25) is 5.96 Å². The quantitative estimate of drug-likeness (QED) is 0.460. The molecule has 0 aliphatic rings. The minimum atomic E-state index is -3.77. The van der Waals surface area contributed by atoms with E-state index in [9.17, 15) is 13.2 Å². The van der Waals surface area contributed by atoms with Gasteiger partial charge in [-0.1, -0.05) is 6.07 Å². The smallest absolute Gasteiger partial charge is 0.325 e. The molecule has 0 saturated carbocycles. The molecular formula is C12H12BrN3O4S2. The van der Waals surface area contributed by atoms with E-state index in [2.05, 4.69) is 30.7 Å². The van der Waals surface area contributed by atoms with E-state index in [1.54, 1.807) is 6.07 Å². The molecule has 2 rings (SSSR count). The number of hydrogen-bond acceptors (Lipinski definition) is 6. The molecule has 1 aromatic carbocycles. The molecule has 0 atom stereocenters. The highest BCUT2D eigenvalue weighted by atomic mass is 79.9. The minimum absolute atomic E-state index is 0.416. The first kappa shape index (κ1) is 16.7. The van der Waals surface area contributed by atoms with E-state index < -0.39 is 22.0 Å². The lowest BCUT2D eigenvalue weighted by molar-refractivity contribution is 0.0979. The fourth-order valence-corrected chi connectivity index (χ4v) is 3.38. The van der Waals surface area contributed by atoms with Crippen LogP contribution in [0.15, 0.2) is 27.8 Å². The van der Waals surface area contributed by atoms with Gasteiger partial charge in [-0.25, -0.2) is 0 Å². The molecule has 0 radical (unpaired) electrons. The van der Waals surface area contributed by atoms with Gasteiger partial charge in [0.15, 0.2) is 0 Å². The van der Waals surface area contributed by atoms with Crippen LogP contribution in [0.2, 0.25) is 0 Å². The van der Waals surface area contributed by atoms with Crippen molar-refractivity contribution < 1.29 is 17.5 Å². The first-order chi connectivity index (χ1) is 10.2. The minimum Gasteiger partial charge on any atom is -0.367 e. The van der Waals surface area contributed by atoms with Crippen LogP contribution in [0.4, 0.5) is 0 Å². The maximum absolute atomic E-state index is 12.1. The van der Waals surface area contributed by atoms with Gasteiger partial charge in [0, 0.05) is 14.6 Å². The number of amides is 1. The normalized spacial score (nSPS) is 12.4.